The molecule has 1 aromatic carbocycles. The Balaban J connectivity index is 2.28. The van der Waals surface area contributed by atoms with Crippen LogP contribution >= 0.6 is 15.9 Å². The molecule has 0 fully saturated rings. The first-order valence-electron chi connectivity index (χ1n) is 6.32. The predicted molar refractivity (Wildman–Crippen MR) is 79.1 cm³/mol. The maximum atomic E-state index is 12.8. The highest BCUT2D eigenvalue weighted by Crippen LogP contribution is 2.35. The fraction of sp³-hybridized carbons (Fsp3) is 0.357. The average molecular weight is 362 g/mol. The van der Waals surface area contributed by atoms with Gasteiger partial charge in [-0.2, -0.15) is 18.3 Å². The summed E-state index contributed by atoms with van der Waals surface area (Å²) in [5.74, 6) is 0. The Bertz CT molecular complexity index is 649. The maximum Gasteiger partial charge on any atom is 0.416 e. The van der Waals surface area contributed by atoms with Crippen molar-refractivity contribution < 1.29 is 13.2 Å². The summed E-state index contributed by atoms with van der Waals surface area (Å²) in [5, 5.41) is 7.33. The second kappa shape index (κ2) is 5.71. The van der Waals surface area contributed by atoms with Crippen LogP contribution < -0.4 is 5.32 Å². The molecule has 2 rings (SSSR count). The molecular formula is C14H15BrF3N3. The van der Waals surface area contributed by atoms with Crippen molar-refractivity contribution in [3.05, 3.63) is 45.7 Å². The first-order valence-corrected chi connectivity index (χ1v) is 7.11. The summed E-state index contributed by atoms with van der Waals surface area (Å²) in [5.41, 5.74) is 1.52. The van der Waals surface area contributed by atoms with E-state index in [1.165, 1.54) is 6.07 Å². The second-order valence-corrected chi connectivity index (χ2v) is 5.76. The van der Waals surface area contributed by atoms with Crippen LogP contribution in [0.3, 0.4) is 0 Å². The third-order valence-corrected chi connectivity index (χ3v) is 3.88. The highest BCUT2D eigenvalue weighted by Gasteiger charge is 2.31. The molecule has 0 aliphatic heterocycles. The van der Waals surface area contributed by atoms with Crippen molar-refractivity contribution in [1.29, 1.82) is 0 Å². The Hall–Kier alpha value is -1.50. The minimum atomic E-state index is -4.36. The molecule has 114 valence electrons. The summed E-state index contributed by atoms with van der Waals surface area (Å²) in [6.07, 6.45) is -2.50. The van der Waals surface area contributed by atoms with Crippen molar-refractivity contribution in [3.8, 4) is 0 Å². The molecule has 0 spiro atoms. The predicted octanol–water partition coefficient (Wildman–Crippen LogP) is 4.68. The number of hydrogen-bond donors (Lipinski definition) is 1. The topological polar surface area (TPSA) is 29.9 Å². The number of alkyl halides is 3. The van der Waals surface area contributed by atoms with Crippen molar-refractivity contribution in [2.24, 2.45) is 7.05 Å². The first-order chi connectivity index (χ1) is 9.68. The average Bonchev–Trinajstić information content (AvgIpc) is 2.70. The molecule has 0 bridgehead atoms. The molecule has 7 heteroatoms. The fourth-order valence-corrected chi connectivity index (χ4v) is 2.53. The SMILES string of the molecule is Cc1nn(C)cc1C(C)Nc1cc(C(F)(F)F)ccc1Br. The third kappa shape index (κ3) is 3.58. The highest BCUT2D eigenvalue weighted by molar-refractivity contribution is 9.10. The first kappa shape index (κ1) is 15.9. The molecule has 1 N–H and O–H groups in total. The molecule has 1 heterocycles. The number of rotatable bonds is 3. The highest BCUT2D eigenvalue weighted by atomic mass is 79.9. The molecular weight excluding hydrogens is 347 g/mol. The van der Waals surface area contributed by atoms with Gasteiger partial charge in [0, 0.05) is 29.0 Å². The van der Waals surface area contributed by atoms with E-state index in [0.29, 0.717) is 10.2 Å². The Morgan fingerprint density at radius 1 is 1.33 bits per heavy atom. The van der Waals surface area contributed by atoms with Gasteiger partial charge < -0.3 is 5.32 Å². The summed E-state index contributed by atoms with van der Waals surface area (Å²) >= 11 is 3.27. The van der Waals surface area contributed by atoms with E-state index in [-0.39, 0.29) is 6.04 Å². The van der Waals surface area contributed by atoms with Gasteiger partial charge in [0.1, 0.15) is 0 Å². The number of nitrogens with zero attached hydrogens (tertiary/aromatic N) is 2. The van der Waals surface area contributed by atoms with Crippen LogP contribution in [0.15, 0.2) is 28.9 Å². The molecule has 0 saturated carbocycles. The van der Waals surface area contributed by atoms with Gasteiger partial charge in [-0.15, -0.1) is 0 Å². The van der Waals surface area contributed by atoms with Crippen LogP contribution in [0.1, 0.15) is 29.8 Å². The van der Waals surface area contributed by atoms with Gasteiger partial charge in [-0.25, -0.2) is 0 Å². The van der Waals surface area contributed by atoms with E-state index in [0.717, 1.165) is 23.4 Å². The fourth-order valence-electron chi connectivity index (χ4n) is 2.17. The van der Waals surface area contributed by atoms with Crippen molar-refractivity contribution in [3.63, 3.8) is 0 Å². The molecule has 0 aliphatic carbocycles. The molecule has 0 aliphatic rings. The van der Waals surface area contributed by atoms with E-state index in [4.69, 9.17) is 0 Å². The molecule has 0 saturated heterocycles. The Morgan fingerprint density at radius 3 is 2.52 bits per heavy atom. The van der Waals surface area contributed by atoms with Crippen molar-refractivity contribution in [2.75, 3.05) is 5.32 Å². The molecule has 1 unspecified atom stereocenters. The van der Waals surface area contributed by atoms with E-state index in [1.54, 1.807) is 4.68 Å². The number of benzene rings is 1. The lowest BCUT2D eigenvalue weighted by atomic mass is 10.1. The van der Waals surface area contributed by atoms with Crippen molar-refractivity contribution in [1.82, 2.24) is 9.78 Å². The van der Waals surface area contributed by atoms with E-state index in [2.05, 4.69) is 26.3 Å². The summed E-state index contributed by atoms with van der Waals surface area (Å²) < 4.78 is 40.6. The molecule has 2 aromatic rings. The molecule has 1 atom stereocenters. The van der Waals surface area contributed by atoms with E-state index < -0.39 is 11.7 Å². The van der Waals surface area contributed by atoms with Crippen LogP contribution in [0.25, 0.3) is 0 Å². The van der Waals surface area contributed by atoms with Gasteiger partial charge in [-0.1, -0.05) is 0 Å². The summed E-state index contributed by atoms with van der Waals surface area (Å²) in [7, 11) is 1.81. The summed E-state index contributed by atoms with van der Waals surface area (Å²) in [4.78, 5) is 0. The Labute approximate surface area is 129 Å². The molecule has 21 heavy (non-hydrogen) atoms. The van der Waals surface area contributed by atoms with Gasteiger partial charge in [0.15, 0.2) is 0 Å². The zero-order valence-corrected chi connectivity index (χ0v) is 13.4. The van der Waals surface area contributed by atoms with Gasteiger partial charge in [-0.05, 0) is 48.0 Å². The zero-order valence-electron chi connectivity index (χ0n) is 11.8. The van der Waals surface area contributed by atoms with Crippen molar-refractivity contribution >= 4 is 21.6 Å². The Morgan fingerprint density at radius 2 is 2.00 bits per heavy atom. The Kier molecular flexibility index (Phi) is 4.32. The maximum absolute atomic E-state index is 12.8. The number of hydrogen-bond acceptors (Lipinski definition) is 2. The number of nitrogens with one attached hydrogen (secondary N) is 1. The lowest BCUT2D eigenvalue weighted by Crippen LogP contribution is -2.10. The normalized spacial score (nSPS) is 13.3. The van der Waals surface area contributed by atoms with E-state index in [1.807, 2.05) is 27.1 Å². The minimum Gasteiger partial charge on any atom is -0.377 e. The smallest absolute Gasteiger partial charge is 0.377 e. The monoisotopic (exact) mass is 361 g/mol. The number of halogens is 4. The van der Waals surface area contributed by atoms with Crippen LogP contribution in [0.2, 0.25) is 0 Å². The standard InChI is InChI=1S/C14H15BrF3N3/c1-8(11-7-21(3)20-9(11)2)19-13-6-10(14(16,17)18)4-5-12(13)15/h4-8,19H,1-3H3. The largest absolute Gasteiger partial charge is 0.416 e. The third-order valence-electron chi connectivity index (χ3n) is 3.18. The lowest BCUT2D eigenvalue weighted by molar-refractivity contribution is -0.137. The zero-order chi connectivity index (χ0) is 15.8. The quantitative estimate of drug-likeness (QED) is 0.859. The van der Waals surface area contributed by atoms with Crippen LogP contribution in [0, 0.1) is 6.92 Å². The molecule has 3 nitrogen and oxygen atoms in total. The molecule has 0 amide bonds. The van der Waals surface area contributed by atoms with E-state index >= 15 is 0 Å². The van der Waals surface area contributed by atoms with Crippen LogP contribution in [0.4, 0.5) is 18.9 Å². The summed E-state index contributed by atoms with van der Waals surface area (Å²) in [6, 6.07) is 3.40. The summed E-state index contributed by atoms with van der Waals surface area (Å²) in [6.45, 7) is 3.76. The second-order valence-electron chi connectivity index (χ2n) is 4.90. The number of aryl methyl sites for hydroxylation is 2. The minimum absolute atomic E-state index is 0.154. The number of aromatic nitrogens is 2. The van der Waals surface area contributed by atoms with Crippen LogP contribution in [-0.2, 0) is 13.2 Å². The van der Waals surface area contributed by atoms with Gasteiger partial charge in [0.2, 0.25) is 0 Å². The van der Waals surface area contributed by atoms with Crippen LogP contribution in [-0.4, -0.2) is 9.78 Å². The van der Waals surface area contributed by atoms with Gasteiger partial charge >= 0.3 is 6.18 Å². The molecule has 1 aromatic heterocycles. The van der Waals surface area contributed by atoms with Crippen LogP contribution in [0.5, 0.6) is 0 Å². The van der Waals surface area contributed by atoms with Gasteiger partial charge in [-0.3, -0.25) is 4.68 Å². The van der Waals surface area contributed by atoms with E-state index in [9.17, 15) is 13.2 Å². The lowest BCUT2D eigenvalue weighted by Gasteiger charge is -2.17. The number of anilines is 1. The van der Waals surface area contributed by atoms with Gasteiger partial charge in [0.25, 0.3) is 0 Å². The van der Waals surface area contributed by atoms with Crippen molar-refractivity contribution in [2.45, 2.75) is 26.1 Å². The molecule has 0 radical (unpaired) electrons. The van der Waals surface area contributed by atoms with Gasteiger partial charge in [0.05, 0.1) is 17.3 Å².